The molecular weight excluding hydrogens is 654 g/mol. The van der Waals surface area contributed by atoms with Crippen molar-refractivity contribution in [2.45, 2.75) is 161 Å². The molecule has 0 spiro atoms. The minimum Gasteiger partial charge on any atom is -0.477 e. The maximum Gasteiger partial charge on any atom is 0.362 e. The van der Waals surface area contributed by atoms with Crippen molar-refractivity contribution in [3.05, 3.63) is 60.8 Å². The number of likely N-dealkylation sites (N-methyl/N-ethyl adjacent to an activating group) is 1. The molecule has 298 valence electrons. The number of hydrogen-bond acceptors (Lipinski definition) is 6. The van der Waals surface area contributed by atoms with E-state index in [4.69, 9.17) is 14.2 Å². The van der Waals surface area contributed by atoms with E-state index in [1.165, 1.54) is 51.4 Å². The molecule has 2 unspecified atom stereocenters. The number of nitrogens with zero attached hydrogens (tertiary/aromatic N) is 1. The second-order valence-corrected chi connectivity index (χ2v) is 14.5. The Morgan fingerprint density at radius 2 is 1.10 bits per heavy atom. The summed E-state index contributed by atoms with van der Waals surface area (Å²) in [5.74, 6) is -1.56. The fraction of sp³-hybridized carbons (Fsp3) is 0.705. The van der Waals surface area contributed by atoms with Crippen molar-refractivity contribution in [3.63, 3.8) is 0 Å². The van der Waals surface area contributed by atoms with Gasteiger partial charge in [-0.25, -0.2) is 4.79 Å². The lowest BCUT2D eigenvalue weighted by Crippen LogP contribution is -2.50. The van der Waals surface area contributed by atoms with Crippen molar-refractivity contribution in [1.29, 1.82) is 0 Å². The number of allylic oxidation sites excluding steroid dienone is 10. The van der Waals surface area contributed by atoms with Crippen LogP contribution in [0, 0.1) is 0 Å². The third-order valence-corrected chi connectivity index (χ3v) is 8.65. The van der Waals surface area contributed by atoms with Crippen molar-refractivity contribution in [3.8, 4) is 0 Å². The second-order valence-electron chi connectivity index (χ2n) is 14.5. The average Bonchev–Trinajstić information content (AvgIpc) is 3.09. The van der Waals surface area contributed by atoms with Crippen LogP contribution >= 0.6 is 0 Å². The van der Waals surface area contributed by atoms with Gasteiger partial charge in [-0.3, -0.25) is 9.59 Å². The van der Waals surface area contributed by atoms with Gasteiger partial charge >= 0.3 is 17.9 Å². The van der Waals surface area contributed by atoms with Gasteiger partial charge in [-0.15, -0.1) is 0 Å². The molecule has 0 heterocycles. The van der Waals surface area contributed by atoms with Gasteiger partial charge in [0, 0.05) is 19.3 Å². The number of carboxylic acids is 1. The van der Waals surface area contributed by atoms with Crippen LogP contribution in [0.5, 0.6) is 0 Å². The number of ether oxygens (including phenoxy) is 3. The van der Waals surface area contributed by atoms with E-state index in [1.54, 1.807) is 0 Å². The molecule has 0 radical (unpaired) electrons. The normalized spacial score (nSPS) is 13.6. The summed E-state index contributed by atoms with van der Waals surface area (Å²) in [4.78, 5) is 36.8. The Balaban J connectivity index is 4.42. The molecule has 0 aromatic heterocycles. The van der Waals surface area contributed by atoms with E-state index in [1.807, 2.05) is 21.1 Å². The van der Waals surface area contributed by atoms with Gasteiger partial charge in [0.05, 0.1) is 34.4 Å². The first-order valence-corrected chi connectivity index (χ1v) is 20.3. The second kappa shape index (κ2) is 35.1. The molecule has 0 bridgehead atoms. The Labute approximate surface area is 318 Å². The van der Waals surface area contributed by atoms with Crippen LogP contribution in [0.3, 0.4) is 0 Å². The fourth-order valence-corrected chi connectivity index (χ4v) is 5.50. The standard InChI is InChI=1S/C44H75NO7/c1-6-8-10-12-14-16-18-19-20-21-22-23-25-26-28-30-32-34-42(46)51-39-40(38-50-37-36-41(44(48)49)45(3,4)5)52-43(47)35-33-31-29-27-24-17-15-13-11-9-7-2/h9,11,14-17,19-20,27,29,40-41H,6-8,10,12-13,18,21-26,28,30-39H2,1-5H3/p+1/b11-9+,16-14+,17-15+,20-19+,29-27+. The maximum absolute atomic E-state index is 12.6. The summed E-state index contributed by atoms with van der Waals surface area (Å²) in [6.45, 7) is 4.50. The molecule has 0 aliphatic carbocycles. The van der Waals surface area contributed by atoms with Crippen LogP contribution in [0.4, 0.5) is 0 Å². The number of aliphatic carboxylic acids is 1. The molecule has 0 aromatic rings. The lowest BCUT2D eigenvalue weighted by atomic mass is 10.1. The smallest absolute Gasteiger partial charge is 0.362 e. The van der Waals surface area contributed by atoms with E-state index in [0.717, 1.165) is 57.8 Å². The first-order valence-electron chi connectivity index (χ1n) is 20.3. The minimum absolute atomic E-state index is 0.0359. The summed E-state index contributed by atoms with van der Waals surface area (Å²) in [5, 5.41) is 9.59. The van der Waals surface area contributed by atoms with Crippen LogP contribution in [0.2, 0.25) is 0 Å². The first-order chi connectivity index (χ1) is 25.1. The van der Waals surface area contributed by atoms with Crippen molar-refractivity contribution < 1.29 is 38.2 Å². The lowest BCUT2D eigenvalue weighted by molar-refractivity contribution is -0.887. The Hall–Kier alpha value is -2.97. The SMILES string of the molecule is CC/C=C/C/C=C/C/C=C/CCCC(=O)OC(COCCC(C(=O)O)[N+](C)(C)C)COC(=O)CCCCCCCCC/C=C/C/C=C/CCCCC. The number of hydrogen-bond donors (Lipinski definition) is 1. The predicted octanol–water partition coefficient (Wildman–Crippen LogP) is 10.6. The van der Waals surface area contributed by atoms with Crippen molar-refractivity contribution >= 4 is 17.9 Å². The van der Waals surface area contributed by atoms with Gasteiger partial charge in [0.2, 0.25) is 0 Å². The van der Waals surface area contributed by atoms with Crippen LogP contribution in [-0.4, -0.2) is 80.6 Å². The Kier molecular flexibility index (Phi) is 33.1. The van der Waals surface area contributed by atoms with Gasteiger partial charge in [-0.05, 0) is 70.6 Å². The third kappa shape index (κ3) is 32.9. The largest absolute Gasteiger partial charge is 0.477 e. The summed E-state index contributed by atoms with van der Waals surface area (Å²) >= 11 is 0. The van der Waals surface area contributed by atoms with Gasteiger partial charge in [0.25, 0.3) is 0 Å². The highest BCUT2D eigenvalue weighted by Gasteiger charge is 2.31. The average molecular weight is 731 g/mol. The number of esters is 2. The van der Waals surface area contributed by atoms with Crippen LogP contribution < -0.4 is 0 Å². The molecule has 0 aliphatic heterocycles. The van der Waals surface area contributed by atoms with Gasteiger partial charge in [0.1, 0.15) is 6.61 Å². The van der Waals surface area contributed by atoms with Crippen LogP contribution in [0.1, 0.15) is 149 Å². The molecule has 0 rings (SSSR count). The Morgan fingerprint density at radius 1 is 0.596 bits per heavy atom. The Bertz CT molecular complexity index is 1040. The number of carbonyl (C=O) groups excluding carboxylic acids is 2. The predicted molar refractivity (Wildman–Crippen MR) is 215 cm³/mol. The molecular formula is C44H76NO7+. The topological polar surface area (TPSA) is 99.1 Å². The highest BCUT2D eigenvalue weighted by molar-refractivity contribution is 5.72. The summed E-state index contributed by atoms with van der Waals surface area (Å²) in [6.07, 6.45) is 41.3. The monoisotopic (exact) mass is 731 g/mol. The molecule has 52 heavy (non-hydrogen) atoms. The summed E-state index contributed by atoms with van der Waals surface area (Å²) < 4.78 is 17.1. The van der Waals surface area contributed by atoms with E-state index in [0.29, 0.717) is 19.3 Å². The molecule has 0 aromatic carbocycles. The molecule has 2 atom stereocenters. The molecule has 0 saturated carbocycles. The highest BCUT2D eigenvalue weighted by Crippen LogP contribution is 2.12. The number of carboxylic acid groups (broad SMARTS) is 1. The number of unbranched alkanes of at least 4 members (excludes halogenated alkanes) is 11. The third-order valence-electron chi connectivity index (χ3n) is 8.65. The summed E-state index contributed by atoms with van der Waals surface area (Å²) in [7, 11) is 5.49. The van der Waals surface area contributed by atoms with E-state index in [9.17, 15) is 19.5 Å². The lowest BCUT2D eigenvalue weighted by Gasteiger charge is -2.31. The van der Waals surface area contributed by atoms with Gasteiger partial charge in [-0.1, -0.05) is 120 Å². The van der Waals surface area contributed by atoms with E-state index in [-0.39, 0.29) is 42.7 Å². The maximum atomic E-state index is 12.6. The molecule has 8 nitrogen and oxygen atoms in total. The zero-order valence-corrected chi connectivity index (χ0v) is 33.7. The van der Waals surface area contributed by atoms with Crippen molar-refractivity contribution in [1.82, 2.24) is 0 Å². The minimum atomic E-state index is -0.887. The zero-order chi connectivity index (χ0) is 38.5. The number of carbonyl (C=O) groups is 3. The molecule has 0 aliphatic rings. The first kappa shape index (κ1) is 49.0. The van der Waals surface area contributed by atoms with Gasteiger partial charge in [0.15, 0.2) is 12.1 Å². The van der Waals surface area contributed by atoms with E-state index < -0.39 is 18.1 Å². The molecule has 1 N–H and O–H groups in total. The summed E-state index contributed by atoms with van der Waals surface area (Å²) in [5.41, 5.74) is 0. The number of quaternary nitrogens is 1. The van der Waals surface area contributed by atoms with Gasteiger partial charge < -0.3 is 23.8 Å². The summed E-state index contributed by atoms with van der Waals surface area (Å²) in [6, 6.07) is -0.625. The number of rotatable bonds is 35. The van der Waals surface area contributed by atoms with Crippen molar-refractivity contribution in [2.75, 3.05) is 41.0 Å². The molecule has 0 amide bonds. The highest BCUT2D eigenvalue weighted by atomic mass is 16.6. The molecule has 0 fully saturated rings. The Morgan fingerprint density at radius 3 is 1.65 bits per heavy atom. The van der Waals surface area contributed by atoms with E-state index >= 15 is 0 Å². The molecule has 0 saturated heterocycles. The quantitative estimate of drug-likeness (QED) is 0.0300. The van der Waals surface area contributed by atoms with Crippen LogP contribution in [0.15, 0.2) is 60.8 Å². The van der Waals surface area contributed by atoms with Crippen molar-refractivity contribution in [2.24, 2.45) is 0 Å². The molecule has 8 heteroatoms. The fourth-order valence-electron chi connectivity index (χ4n) is 5.50. The van der Waals surface area contributed by atoms with Gasteiger partial charge in [-0.2, -0.15) is 0 Å². The zero-order valence-electron chi connectivity index (χ0n) is 33.7. The van der Waals surface area contributed by atoms with Crippen LogP contribution in [0.25, 0.3) is 0 Å². The van der Waals surface area contributed by atoms with Crippen LogP contribution in [-0.2, 0) is 28.6 Å². The van der Waals surface area contributed by atoms with E-state index in [2.05, 4.69) is 74.6 Å².